The molecule has 1 aromatic heterocycles. The number of fused-ring (bicyclic) bond motifs is 1. The van der Waals surface area contributed by atoms with Crippen molar-refractivity contribution in [1.82, 2.24) is 9.55 Å². The molecule has 1 aliphatic carbocycles. The zero-order valence-corrected chi connectivity index (χ0v) is 13.2. The van der Waals surface area contributed by atoms with Gasteiger partial charge in [0.2, 0.25) is 0 Å². The Morgan fingerprint density at radius 1 is 1.38 bits per heavy atom. The topological polar surface area (TPSA) is 17.8 Å². The molecule has 1 fully saturated rings. The zero-order valence-electron chi connectivity index (χ0n) is 12.5. The molecule has 0 saturated heterocycles. The first kappa shape index (κ1) is 14.8. The van der Waals surface area contributed by atoms with Crippen LogP contribution < -0.4 is 0 Å². The minimum atomic E-state index is -0.196. The monoisotopic (exact) mass is 308 g/mol. The maximum Gasteiger partial charge on any atom is 0.125 e. The highest BCUT2D eigenvalue weighted by Crippen LogP contribution is 2.31. The van der Waals surface area contributed by atoms with Gasteiger partial charge >= 0.3 is 0 Å². The molecule has 2 atom stereocenters. The second kappa shape index (κ2) is 6.35. The molecule has 0 radical (unpaired) electrons. The van der Waals surface area contributed by atoms with Crippen LogP contribution in [-0.4, -0.2) is 15.4 Å². The molecule has 2 aromatic rings. The van der Waals surface area contributed by atoms with E-state index in [1.165, 1.54) is 31.7 Å². The van der Waals surface area contributed by atoms with Crippen LogP contribution in [-0.2, 0) is 13.0 Å². The van der Waals surface area contributed by atoms with E-state index in [2.05, 4.69) is 16.5 Å². The SMILES string of the molecule is CC1CCCC(Cn2c(CCCl)nc3ccc(F)cc32)C1. The lowest BCUT2D eigenvalue weighted by Crippen LogP contribution is -2.20. The Bertz CT molecular complexity index is 623. The molecule has 2 nitrogen and oxygen atoms in total. The van der Waals surface area contributed by atoms with Crippen molar-refractivity contribution in [2.24, 2.45) is 11.8 Å². The molecule has 1 aliphatic rings. The third-order valence-corrected chi connectivity index (χ3v) is 4.78. The second-order valence-corrected chi connectivity index (χ2v) is 6.73. The normalized spacial score (nSPS) is 22.8. The van der Waals surface area contributed by atoms with Crippen molar-refractivity contribution in [3.8, 4) is 0 Å². The number of halogens is 2. The van der Waals surface area contributed by atoms with Gasteiger partial charge in [0.1, 0.15) is 11.6 Å². The lowest BCUT2D eigenvalue weighted by Gasteiger charge is -2.27. The smallest absolute Gasteiger partial charge is 0.125 e. The highest BCUT2D eigenvalue weighted by atomic mass is 35.5. The van der Waals surface area contributed by atoms with Gasteiger partial charge in [-0.1, -0.05) is 19.8 Å². The fraction of sp³-hybridized carbons (Fsp3) is 0.588. The maximum absolute atomic E-state index is 13.6. The Labute approximate surface area is 130 Å². The first-order valence-electron chi connectivity index (χ1n) is 7.88. The van der Waals surface area contributed by atoms with Crippen LogP contribution in [0.1, 0.15) is 38.4 Å². The quantitative estimate of drug-likeness (QED) is 0.743. The standard InChI is InChI=1S/C17H22ClFN2/c1-12-3-2-4-13(9-12)11-21-16-10-14(19)5-6-15(16)20-17(21)7-8-18/h5-6,10,12-13H,2-4,7-9,11H2,1H3. The Morgan fingerprint density at radius 2 is 2.24 bits per heavy atom. The highest BCUT2D eigenvalue weighted by Gasteiger charge is 2.21. The lowest BCUT2D eigenvalue weighted by molar-refractivity contribution is 0.257. The number of rotatable bonds is 4. The summed E-state index contributed by atoms with van der Waals surface area (Å²) in [6.45, 7) is 3.27. The molecular formula is C17H22ClFN2. The van der Waals surface area contributed by atoms with E-state index in [0.717, 1.165) is 35.7 Å². The van der Waals surface area contributed by atoms with Gasteiger partial charge in [-0.15, -0.1) is 11.6 Å². The first-order chi connectivity index (χ1) is 10.2. The summed E-state index contributed by atoms with van der Waals surface area (Å²) in [6.07, 6.45) is 5.90. The van der Waals surface area contributed by atoms with Crippen LogP contribution in [0.15, 0.2) is 18.2 Å². The summed E-state index contributed by atoms with van der Waals surface area (Å²) in [7, 11) is 0. The molecule has 1 heterocycles. The van der Waals surface area contributed by atoms with Gasteiger partial charge in [-0.3, -0.25) is 0 Å². The van der Waals surface area contributed by atoms with Crippen LogP contribution in [0.5, 0.6) is 0 Å². The van der Waals surface area contributed by atoms with Crippen LogP contribution in [0, 0.1) is 17.7 Å². The molecule has 1 aromatic carbocycles. The molecule has 114 valence electrons. The van der Waals surface area contributed by atoms with Gasteiger partial charge in [-0.05, 0) is 42.9 Å². The average molecular weight is 309 g/mol. The molecule has 0 N–H and O–H groups in total. The Morgan fingerprint density at radius 3 is 3.00 bits per heavy atom. The molecule has 2 unspecified atom stereocenters. The molecule has 4 heteroatoms. The number of imidazole rings is 1. The molecule has 21 heavy (non-hydrogen) atoms. The maximum atomic E-state index is 13.6. The summed E-state index contributed by atoms with van der Waals surface area (Å²) in [4.78, 5) is 4.64. The van der Waals surface area contributed by atoms with Crippen LogP contribution in [0.4, 0.5) is 4.39 Å². The number of hydrogen-bond acceptors (Lipinski definition) is 1. The lowest BCUT2D eigenvalue weighted by atomic mass is 9.82. The zero-order chi connectivity index (χ0) is 14.8. The summed E-state index contributed by atoms with van der Waals surface area (Å²) >= 11 is 5.91. The van der Waals surface area contributed by atoms with Gasteiger partial charge in [0.15, 0.2) is 0 Å². The Hall–Kier alpha value is -1.09. The number of aryl methyl sites for hydroxylation is 1. The number of nitrogens with zero attached hydrogens (tertiary/aromatic N) is 2. The van der Waals surface area contributed by atoms with Gasteiger partial charge in [-0.25, -0.2) is 9.37 Å². The molecular weight excluding hydrogens is 287 g/mol. The van der Waals surface area contributed by atoms with Crippen molar-refractivity contribution in [3.05, 3.63) is 29.8 Å². The van der Waals surface area contributed by atoms with Crippen molar-refractivity contribution in [2.75, 3.05) is 5.88 Å². The first-order valence-corrected chi connectivity index (χ1v) is 8.41. The summed E-state index contributed by atoms with van der Waals surface area (Å²) < 4.78 is 15.8. The van der Waals surface area contributed by atoms with E-state index in [0.29, 0.717) is 11.8 Å². The number of aromatic nitrogens is 2. The highest BCUT2D eigenvalue weighted by molar-refractivity contribution is 6.17. The van der Waals surface area contributed by atoms with Crippen LogP contribution >= 0.6 is 11.6 Å². The van der Waals surface area contributed by atoms with E-state index in [9.17, 15) is 4.39 Å². The third kappa shape index (κ3) is 3.23. The fourth-order valence-electron chi connectivity index (χ4n) is 3.61. The van der Waals surface area contributed by atoms with Crippen molar-refractivity contribution in [1.29, 1.82) is 0 Å². The molecule has 1 saturated carbocycles. The second-order valence-electron chi connectivity index (χ2n) is 6.35. The average Bonchev–Trinajstić information content (AvgIpc) is 2.77. The van der Waals surface area contributed by atoms with E-state index in [1.54, 1.807) is 12.1 Å². The molecule has 0 spiro atoms. The Balaban J connectivity index is 1.94. The van der Waals surface area contributed by atoms with Gasteiger partial charge in [0.25, 0.3) is 0 Å². The van der Waals surface area contributed by atoms with E-state index in [-0.39, 0.29) is 5.82 Å². The number of alkyl halides is 1. The summed E-state index contributed by atoms with van der Waals surface area (Å²) in [5, 5.41) is 0. The van der Waals surface area contributed by atoms with Crippen LogP contribution in [0.25, 0.3) is 11.0 Å². The van der Waals surface area contributed by atoms with E-state index in [1.807, 2.05) is 0 Å². The van der Waals surface area contributed by atoms with Crippen molar-refractivity contribution < 1.29 is 4.39 Å². The minimum Gasteiger partial charge on any atom is -0.328 e. The van der Waals surface area contributed by atoms with Crippen LogP contribution in [0.2, 0.25) is 0 Å². The van der Waals surface area contributed by atoms with Crippen molar-refractivity contribution in [2.45, 2.75) is 45.6 Å². The fourth-order valence-corrected chi connectivity index (χ4v) is 3.78. The molecule has 0 amide bonds. The Kier molecular flexibility index (Phi) is 4.48. The van der Waals surface area contributed by atoms with Crippen molar-refractivity contribution >= 4 is 22.6 Å². The summed E-state index contributed by atoms with van der Waals surface area (Å²) in [6, 6.07) is 4.85. The van der Waals surface area contributed by atoms with E-state index >= 15 is 0 Å². The predicted molar refractivity (Wildman–Crippen MR) is 85.2 cm³/mol. The van der Waals surface area contributed by atoms with Crippen molar-refractivity contribution in [3.63, 3.8) is 0 Å². The largest absolute Gasteiger partial charge is 0.328 e. The molecule has 0 bridgehead atoms. The summed E-state index contributed by atoms with van der Waals surface area (Å²) in [5.74, 6) is 2.81. The van der Waals surface area contributed by atoms with Crippen LogP contribution in [0.3, 0.4) is 0 Å². The van der Waals surface area contributed by atoms with Gasteiger partial charge < -0.3 is 4.57 Å². The molecule has 3 rings (SSSR count). The van der Waals surface area contributed by atoms with Gasteiger partial charge in [-0.2, -0.15) is 0 Å². The van der Waals surface area contributed by atoms with E-state index < -0.39 is 0 Å². The number of benzene rings is 1. The van der Waals surface area contributed by atoms with Gasteiger partial charge in [0, 0.05) is 18.8 Å². The summed E-state index contributed by atoms with van der Waals surface area (Å²) in [5.41, 5.74) is 1.79. The molecule has 0 aliphatic heterocycles. The van der Waals surface area contributed by atoms with Gasteiger partial charge in [0.05, 0.1) is 11.0 Å². The van der Waals surface area contributed by atoms with E-state index in [4.69, 9.17) is 11.6 Å². The predicted octanol–water partition coefficient (Wildman–Crippen LogP) is 4.78. The minimum absolute atomic E-state index is 0.196. The third-order valence-electron chi connectivity index (χ3n) is 4.59. The number of hydrogen-bond donors (Lipinski definition) is 0.